The van der Waals surface area contributed by atoms with Crippen molar-refractivity contribution in [1.29, 1.82) is 0 Å². The van der Waals surface area contributed by atoms with E-state index in [4.69, 9.17) is 4.74 Å². The van der Waals surface area contributed by atoms with Crippen LogP contribution in [-0.2, 0) is 16.1 Å². The lowest BCUT2D eigenvalue weighted by Crippen LogP contribution is -2.56. The Morgan fingerprint density at radius 1 is 1.16 bits per heavy atom. The molecular weight excluding hydrogens is 408 g/mol. The first-order chi connectivity index (χ1) is 15.3. The fraction of sp³-hybridized carbons (Fsp3) is 0.625. The van der Waals surface area contributed by atoms with Crippen LogP contribution in [0.5, 0.6) is 5.75 Å². The number of urea groups is 1. The summed E-state index contributed by atoms with van der Waals surface area (Å²) < 4.78 is 5.31. The van der Waals surface area contributed by atoms with Gasteiger partial charge in [-0.25, -0.2) is 4.79 Å². The molecule has 0 aliphatic carbocycles. The van der Waals surface area contributed by atoms with Crippen LogP contribution in [-0.4, -0.2) is 77.4 Å². The van der Waals surface area contributed by atoms with Gasteiger partial charge in [-0.05, 0) is 43.4 Å². The van der Waals surface area contributed by atoms with Gasteiger partial charge in [0.2, 0.25) is 5.91 Å². The molecule has 8 nitrogen and oxygen atoms in total. The standard InChI is InChI=1S/C24H34N4O4/c1-17(2)21(29)27-13-9-24(10-14-27)22(30)28(23(31)25-24)19-7-11-26(12-8-19)16-18-5-4-6-20(15-18)32-3/h4-6,15,17,19H,7-14,16H2,1-3H3,(H,25,31). The van der Waals surface area contributed by atoms with E-state index in [1.54, 1.807) is 7.11 Å². The summed E-state index contributed by atoms with van der Waals surface area (Å²) in [5, 5.41) is 2.99. The molecule has 0 atom stereocenters. The van der Waals surface area contributed by atoms with E-state index in [0.717, 1.165) is 38.2 Å². The van der Waals surface area contributed by atoms with Gasteiger partial charge in [0.25, 0.3) is 5.91 Å². The van der Waals surface area contributed by atoms with Crippen molar-refractivity contribution in [2.45, 2.75) is 57.7 Å². The second-order valence-electron chi connectivity index (χ2n) is 9.53. The highest BCUT2D eigenvalue weighted by Crippen LogP contribution is 2.33. The number of nitrogens with one attached hydrogen (secondary N) is 1. The molecule has 174 valence electrons. The quantitative estimate of drug-likeness (QED) is 0.708. The Morgan fingerprint density at radius 3 is 2.47 bits per heavy atom. The van der Waals surface area contributed by atoms with E-state index in [1.807, 2.05) is 36.9 Å². The lowest BCUT2D eigenvalue weighted by Gasteiger charge is -2.39. The predicted octanol–water partition coefficient (Wildman–Crippen LogP) is 2.23. The molecule has 1 aromatic rings. The van der Waals surface area contributed by atoms with Gasteiger partial charge in [0, 0.05) is 44.7 Å². The van der Waals surface area contributed by atoms with Crippen LogP contribution in [0, 0.1) is 5.92 Å². The Balaban J connectivity index is 1.34. The number of rotatable bonds is 5. The van der Waals surface area contributed by atoms with Crippen molar-refractivity contribution < 1.29 is 19.1 Å². The molecule has 4 amide bonds. The van der Waals surface area contributed by atoms with Crippen LogP contribution in [0.15, 0.2) is 24.3 Å². The van der Waals surface area contributed by atoms with E-state index in [1.165, 1.54) is 10.5 Å². The molecule has 3 saturated heterocycles. The van der Waals surface area contributed by atoms with E-state index >= 15 is 0 Å². The molecule has 4 rings (SSSR count). The van der Waals surface area contributed by atoms with Crippen molar-refractivity contribution in [3.8, 4) is 5.75 Å². The highest BCUT2D eigenvalue weighted by atomic mass is 16.5. The van der Waals surface area contributed by atoms with Gasteiger partial charge in [-0.1, -0.05) is 26.0 Å². The number of amides is 4. The summed E-state index contributed by atoms with van der Waals surface area (Å²) in [6, 6.07) is 7.72. The zero-order valence-corrected chi connectivity index (χ0v) is 19.3. The first kappa shape index (κ1) is 22.6. The Labute approximate surface area is 189 Å². The third-order valence-electron chi connectivity index (χ3n) is 7.08. The van der Waals surface area contributed by atoms with Crippen LogP contribution in [0.3, 0.4) is 0 Å². The maximum absolute atomic E-state index is 13.4. The molecule has 0 radical (unpaired) electrons. The number of ether oxygens (including phenoxy) is 1. The lowest BCUT2D eigenvalue weighted by atomic mass is 9.86. The Hall–Kier alpha value is -2.61. The maximum atomic E-state index is 13.4. The van der Waals surface area contributed by atoms with Crippen molar-refractivity contribution in [3.05, 3.63) is 29.8 Å². The third-order valence-corrected chi connectivity index (χ3v) is 7.08. The molecule has 32 heavy (non-hydrogen) atoms. The fourth-order valence-electron chi connectivity index (χ4n) is 5.15. The van der Waals surface area contributed by atoms with Crippen LogP contribution < -0.4 is 10.1 Å². The monoisotopic (exact) mass is 442 g/mol. The van der Waals surface area contributed by atoms with Crippen molar-refractivity contribution in [2.75, 3.05) is 33.3 Å². The van der Waals surface area contributed by atoms with E-state index in [9.17, 15) is 14.4 Å². The van der Waals surface area contributed by atoms with Gasteiger partial charge in [0.15, 0.2) is 0 Å². The minimum Gasteiger partial charge on any atom is -0.497 e. The molecule has 3 aliphatic rings. The number of hydrogen-bond donors (Lipinski definition) is 1. The minimum absolute atomic E-state index is 0.0587. The second kappa shape index (κ2) is 9.10. The van der Waals surface area contributed by atoms with E-state index < -0.39 is 5.54 Å². The third kappa shape index (κ3) is 4.33. The highest BCUT2D eigenvalue weighted by Gasteiger charge is 2.54. The van der Waals surface area contributed by atoms with Crippen LogP contribution in [0.25, 0.3) is 0 Å². The van der Waals surface area contributed by atoms with E-state index in [0.29, 0.717) is 25.9 Å². The molecule has 3 aliphatic heterocycles. The number of nitrogens with zero attached hydrogens (tertiary/aromatic N) is 3. The average molecular weight is 443 g/mol. The van der Waals surface area contributed by atoms with E-state index in [-0.39, 0.29) is 29.8 Å². The number of piperidine rings is 2. The van der Waals surface area contributed by atoms with Crippen LogP contribution in [0.2, 0.25) is 0 Å². The number of methoxy groups -OCH3 is 1. The molecule has 0 aromatic heterocycles. The number of carbonyl (C=O) groups excluding carboxylic acids is 3. The highest BCUT2D eigenvalue weighted by molar-refractivity contribution is 6.07. The summed E-state index contributed by atoms with van der Waals surface area (Å²) in [7, 11) is 1.67. The van der Waals surface area contributed by atoms with Gasteiger partial charge in [0.1, 0.15) is 11.3 Å². The average Bonchev–Trinajstić information content (AvgIpc) is 3.03. The SMILES string of the molecule is COc1cccc(CN2CCC(N3C(=O)NC4(CCN(C(=O)C(C)C)CC4)C3=O)CC2)c1. The first-order valence-electron chi connectivity index (χ1n) is 11.6. The number of hydrogen-bond acceptors (Lipinski definition) is 5. The largest absolute Gasteiger partial charge is 0.497 e. The fourth-order valence-corrected chi connectivity index (χ4v) is 5.15. The van der Waals surface area contributed by atoms with Gasteiger partial charge in [-0.3, -0.25) is 19.4 Å². The molecule has 1 aromatic carbocycles. The zero-order chi connectivity index (χ0) is 22.9. The molecule has 8 heteroatoms. The molecule has 0 unspecified atom stereocenters. The van der Waals surface area contributed by atoms with Gasteiger partial charge >= 0.3 is 6.03 Å². The summed E-state index contributed by atoms with van der Waals surface area (Å²) >= 11 is 0. The first-order valence-corrected chi connectivity index (χ1v) is 11.6. The number of imide groups is 1. The number of carbonyl (C=O) groups is 3. The molecule has 1 spiro atoms. The molecule has 3 fully saturated rings. The minimum atomic E-state index is -0.845. The smallest absolute Gasteiger partial charge is 0.325 e. The van der Waals surface area contributed by atoms with Crippen molar-refractivity contribution in [3.63, 3.8) is 0 Å². The predicted molar refractivity (Wildman–Crippen MR) is 120 cm³/mol. The van der Waals surface area contributed by atoms with Crippen molar-refractivity contribution in [1.82, 2.24) is 20.0 Å². The van der Waals surface area contributed by atoms with Gasteiger partial charge in [-0.2, -0.15) is 0 Å². The maximum Gasteiger partial charge on any atom is 0.325 e. The van der Waals surface area contributed by atoms with Crippen molar-refractivity contribution in [2.24, 2.45) is 5.92 Å². The van der Waals surface area contributed by atoms with Gasteiger partial charge in [-0.15, -0.1) is 0 Å². The zero-order valence-electron chi connectivity index (χ0n) is 19.3. The normalized spacial score (nSPS) is 22.0. The molecule has 3 heterocycles. The topological polar surface area (TPSA) is 82.2 Å². The summed E-state index contributed by atoms with van der Waals surface area (Å²) in [6.45, 7) is 7.29. The summed E-state index contributed by atoms with van der Waals surface area (Å²) in [5.41, 5.74) is 0.349. The Bertz CT molecular complexity index is 871. The molecular formula is C24H34N4O4. The molecule has 1 N–H and O–H groups in total. The van der Waals surface area contributed by atoms with Crippen LogP contribution in [0.4, 0.5) is 4.79 Å². The van der Waals surface area contributed by atoms with Crippen LogP contribution >= 0.6 is 0 Å². The second-order valence-corrected chi connectivity index (χ2v) is 9.53. The summed E-state index contributed by atoms with van der Waals surface area (Å²) in [6.07, 6.45) is 2.52. The van der Waals surface area contributed by atoms with E-state index in [2.05, 4.69) is 16.3 Å². The summed E-state index contributed by atoms with van der Waals surface area (Å²) in [5.74, 6) is 0.794. The van der Waals surface area contributed by atoms with Gasteiger partial charge < -0.3 is 15.0 Å². The Kier molecular flexibility index (Phi) is 6.42. The molecule has 0 saturated carbocycles. The van der Waals surface area contributed by atoms with Gasteiger partial charge in [0.05, 0.1) is 7.11 Å². The Morgan fingerprint density at radius 2 is 1.84 bits per heavy atom. The number of benzene rings is 1. The van der Waals surface area contributed by atoms with Crippen molar-refractivity contribution >= 4 is 17.8 Å². The number of likely N-dealkylation sites (tertiary alicyclic amines) is 2. The summed E-state index contributed by atoms with van der Waals surface area (Å²) in [4.78, 5) is 44.1. The molecule has 0 bridgehead atoms. The van der Waals surface area contributed by atoms with Crippen LogP contribution in [0.1, 0.15) is 45.1 Å². The lowest BCUT2D eigenvalue weighted by molar-refractivity contribution is -0.141.